The van der Waals surface area contributed by atoms with E-state index in [1.165, 1.54) is 19.3 Å². The van der Waals surface area contributed by atoms with Gasteiger partial charge < -0.3 is 16.0 Å². The van der Waals surface area contributed by atoms with Gasteiger partial charge in [-0.3, -0.25) is 14.4 Å². The van der Waals surface area contributed by atoms with Crippen LogP contribution in [0.5, 0.6) is 0 Å². The molecule has 0 bridgehead atoms. The van der Waals surface area contributed by atoms with Crippen molar-refractivity contribution in [1.29, 1.82) is 0 Å². The van der Waals surface area contributed by atoms with Crippen LogP contribution in [0.25, 0.3) is 0 Å². The van der Waals surface area contributed by atoms with Gasteiger partial charge in [-0.2, -0.15) is 0 Å². The first kappa shape index (κ1) is 19.1. The molecule has 0 spiro atoms. The van der Waals surface area contributed by atoms with Gasteiger partial charge >= 0.3 is 0 Å². The number of amides is 3. The van der Waals surface area contributed by atoms with E-state index < -0.39 is 5.91 Å². The molecule has 1 heterocycles. The number of halogens is 2. The lowest BCUT2D eigenvalue weighted by Crippen LogP contribution is -2.24. The van der Waals surface area contributed by atoms with Crippen molar-refractivity contribution in [3.63, 3.8) is 0 Å². The zero-order chi connectivity index (χ0) is 19.6. The van der Waals surface area contributed by atoms with Crippen LogP contribution in [-0.2, 0) is 9.59 Å². The second kappa shape index (κ2) is 7.94. The van der Waals surface area contributed by atoms with Crippen LogP contribution in [-0.4, -0.2) is 29.8 Å². The summed E-state index contributed by atoms with van der Waals surface area (Å²) in [6.45, 7) is 0. The van der Waals surface area contributed by atoms with E-state index in [1.54, 1.807) is 24.3 Å². The third-order valence-electron chi connectivity index (χ3n) is 4.17. The summed E-state index contributed by atoms with van der Waals surface area (Å²) in [5.74, 6) is -1.32. The molecule has 7 nitrogen and oxygen atoms in total. The van der Waals surface area contributed by atoms with Gasteiger partial charge in [0, 0.05) is 25.0 Å². The van der Waals surface area contributed by atoms with Gasteiger partial charge in [-0.25, -0.2) is 4.98 Å². The topological polar surface area (TPSA) is 100 Å². The van der Waals surface area contributed by atoms with Crippen LogP contribution in [0.4, 0.5) is 11.5 Å². The minimum absolute atomic E-state index is 0.152. The number of carbonyl (C=O) groups excluding carboxylic acids is 3. The number of carbonyl (C=O) groups is 3. The minimum Gasteiger partial charge on any atom is -0.359 e. The monoisotopic (exact) mass is 406 g/mol. The summed E-state index contributed by atoms with van der Waals surface area (Å²) in [6, 6.07) is 7.87. The molecule has 3 N–H and O–H groups in total. The van der Waals surface area contributed by atoms with Crippen LogP contribution in [0.2, 0.25) is 10.0 Å². The van der Waals surface area contributed by atoms with Crippen molar-refractivity contribution in [2.75, 3.05) is 17.7 Å². The van der Waals surface area contributed by atoms with E-state index >= 15 is 0 Å². The summed E-state index contributed by atoms with van der Waals surface area (Å²) < 4.78 is 0. The summed E-state index contributed by atoms with van der Waals surface area (Å²) in [7, 11) is 1.54. The maximum Gasteiger partial charge on any atom is 0.258 e. The van der Waals surface area contributed by atoms with Crippen molar-refractivity contribution in [2.45, 2.75) is 6.42 Å². The van der Waals surface area contributed by atoms with Crippen molar-refractivity contribution < 1.29 is 14.4 Å². The molecular weight excluding hydrogens is 391 g/mol. The number of hydrogen-bond donors (Lipinski definition) is 3. The van der Waals surface area contributed by atoms with E-state index in [0.717, 1.165) is 0 Å². The number of rotatable bonds is 5. The molecule has 1 aromatic heterocycles. The molecule has 1 saturated carbocycles. The van der Waals surface area contributed by atoms with Crippen molar-refractivity contribution in [2.24, 2.45) is 11.8 Å². The molecule has 3 amide bonds. The standard InChI is InChI=1S/C18H16Cl2N4O3/c1-21-16(25)10-8-11(10)17(26)24-14-7-9(5-6-22-14)23-18(27)15-12(19)3-2-4-13(15)20/h2-7,10-11H,8H2,1H3,(H,21,25)(H2,22,23,24,26,27)/t10-,11-/m0/s1. The smallest absolute Gasteiger partial charge is 0.258 e. The number of nitrogens with one attached hydrogen (secondary N) is 3. The Balaban J connectivity index is 1.67. The average molecular weight is 407 g/mol. The van der Waals surface area contributed by atoms with E-state index in [1.807, 2.05) is 0 Å². The molecule has 1 aromatic carbocycles. The molecule has 3 rings (SSSR count). The van der Waals surface area contributed by atoms with Crippen molar-refractivity contribution in [3.8, 4) is 0 Å². The highest BCUT2D eigenvalue weighted by Crippen LogP contribution is 2.39. The second-order valence-corrected chi connectivity index (χ2v) is 6.85. The SMILES string of the molecule is CNC(=O)[C@H]1C[C@@H]1C(=O)Nc1cc(NC(=O)c2c(Cl)cccc2Cl)ccn1. The normalized spacial score (nSPS) is 17.7. The molecule has 2 aromatic rings. The Morgan fingerprint density at radius 1 is 1.04 bits per heavy atom. The van der Waals surface area contributed by atoms with Gasteiger partial charge in [0.2, 0.25) is 11.8 Å². The molecule has 140 valence electrons. The van der Waals surface area contributed by atoms with E-state index in [4.69, 9.17) is 23.2 Å². The minimum atomic E-state index is -0.476. The highest BCUT2D eigenvalue weighted by molar-refractivity contribution is 6.40. The molecule has 0 unspecified atom stereocenters. The Bertz CT molecular complexity index is 899. The van der Waals surface area contributed by atoms with E-state index in [-0.39, 0.29) is 45.1 Å². The number of benzene rings is 1. The third-order valence-corrected chi connectivity index (χ3v) is 4.80. The fraction of sp³-hybridized carbons (Fsp3) is 0.222. The quantitative estimate of drug-likeness (QED) is 0.710. The summed E-state index contributed by atoms with van der Waals surface area (Å²) in [6.07, 6.45) is 1.95. The van der Waals surface area contributed by atoms with Crippen LogP contribution in [0.3, 0.4) is 0 Å². The van der Waals surface area contributed by atoms with Crippen LogP contribution < -0.4 is 16.0 Å². The maximum atomic E-state index is 12.4. The van der Waals surface area contributed by atoms with Crippen molar-refractivity contribution >= 4 is 52.4 Å². The molecule has 1 aliphatic carbocycles. The largest absolute Gasteiger partial charge is 0.359 e. The Kier molecular flexibility index (Phi) is 5.62. The molecule has 0 aliphatic heterocycles. The molecule has 27 heavy (non-hydrogen) atoms. The van der Waals surface area contributed by atoms with Gasteiger partial charge in [-0.15, -0.1) is 0 Å². The van der Waals surface area contributed by atoms with Crippen molar-refractivity contribution in [1.82, 2.24) is 10.3 Å². The van der Waals surface area contributed by atoms with Crippen LogP contribution in [0.15, 0.2) is 36.5 Å². The van der Waals surface area contributed by atoms with Crippen LogP contribution in [0, 0.1) is 11.8 Å². The fourth-order valence-corrected chi connectivity index (χ4v) is 3.23. The summed E-state index contributed by atoms with van der Waals surface area (Å²) in [5.41, 5.74) is 0.578. The average Bonchev–Trinajstić information content (AvgIpc) is 3.42. The second-order valence-electron chi connectivity index (χ2n) is 6.03. The number of anilines is 2. The lowest BCUT2D eigenvalue weighted by atomic mass is 10.2. The number of aromatic nitrogens is 1. The van der Waals surface area contributed by atoms with E-state index in [9.17, 15) is 14.4 Å². The lowest BCUT2D eigenvalue weighted by molar-refractivity contribution is -0.124. The Hall–Kier alpha value is -2.64. The third kappa shape index (κ3) is 4.37. The molecular formula is C18H16Cl2N4O3. The highest BCUT2D eigenvalue weighted by Gasteiger charge is 2.47. The van der Waals surface area contributed by atoms with Crippen molar-refractivity contribution in [3.05, 3.63) is 52.1 Å². The molecule has 1 aliphatic rings. The Morgan fingerprint density at radius 3 is 2.37 bits per heavy atom. The first-order valence-corrected chi connectivity index (χ1v) is 8.90. The summed E-state index contributed by atoms with van der Waals surface area (Å²) in [4.78, 5) is 40.2. The number of nitrogens with zero attached hydrogens (tertiary/aromatic N) is 1. The molecule has 2 atom stereocenters. The molecule has 1 fully saturated rings. The van der Waals surface area contributed by atoms with Gasteiger partial charge in [0.25, 0.3) is 5.91 Å². The van der Waals surface area contributed by atoms with Gasteiger partial charge in [-0.05, 0) is 24.6 Å². The first-order chi connectivity index (χ1) is 12.9. The molecule has 0 saturated heterocycles. The van der Waals surface area contributed by atoms with Crippen LogP contribution >= 0.6 is 23.2 Å². The Morgan fingerprint density at radius 2 is 1.70 bits per heavy atom. The van der Waals surface area contributed by atoms with Gasteiger partial charge in [0.05, 0.1) is 27.4 Å². The number of hydrogen-bond acceptors (Lipinski definition) is 4. The fourth-order valence-electron chi connectivity index (χ4n) is 2.66. The molecule has 0 radical (unpaired) electrons. The lowest BCUT2D eigenvalue weighted by Gasteiger charge is -2.10. The van der Waals surface area contributed by atoms with Crippen LogP contribution in [0.1, 0.15) is 16.8 Å². The maximum absolute atomic E-state index is 12.4. The summed E-state index contributed by atoms with van der Waals surface area (Å²) in [5, 5.41) is 8.32. The Labute approximate surface area is 165 Å². The predicted molar refractivity (Wildman–Crippen MR) is 103 cm³/mol. The zero-order valence-corrected chi connectivity index (χ0v) is 15.8. The van der Waals surface area contributed by atoms with Gasteiger partial charge in [0.15, 0.2) is 0 Å². The van der Waals surface area contributed by atoms with Gasteiger partial charge in [0.1, 0.15) is 5.82 Å². The first-order valence-electron chi connectivity index (χ1n) is 8.14. The zero-order valence-electron chi connectivity index (χ0n) is 14.3. The van der Waals surface area contributed by atoms with Gasteiger partial charge in [-0.1, -0.05) is 29.3 Å². The number of pyridine rings is 1. The molecule has 9 heteroatoms. The predicted octanol–water partition coefficient (Wildman–Crippen LogP) is 2.96. The van der Waals surface area contributed by atoms with E-state index in [0.29, 0.717) is 12.1 Å². The summed E-state index contributed by atoms with van der Waals surface area (Å²) >= 11 is 12.1. The highest BCUT2D eigenvalue weighted by atomic mass is 35.5. The van der Waals surface area contributed by atoms with E-state index in [2.05, 4.69) is 20.9 Å².